The number of benzene rings is 1. The zero-order chi connectivity index (χ0) is 11.5. The zero-order valence-electron chi connectivity index (χ0n) is 8.53. The average molecular weight is 229 g/mol. The van der Waals surface area contributed by atoms with Crippen LogP contribution in [0.15, 0.2) is 18.2 Å². The molecule has 0 aliphatic heterocycles. The lowest BCUT2D eigenvalue weighted by atomic mass is 10.1. The van der Waals surface area contributed by atoms with Crippen LogP contribution in [0.4, 0.5) is 11.4 Å². The molecular weight excluding hydrogens is 214 g/mol. The number of rotatable bonds is 4. The fourth-order valence-corrected chi connectivity index (χ4v) is 1.64. The van der Waals surface area contributed by atoms with E-state index in [-0.39, 0.29) is 12.3 Å². The van der Waals surface area contributed by atoms with E-state index in [1.54, 1.807) is 6.07 Å². The third-order valence-corrected chi connectivity index (χ3v) is 2.77. The summed E-state index contributed by atoms with van der Waals surface area (Å²) in [6.07, 6.45) is 0. The molecule has 84 valence electrons. The van der Waals surface area contributed by atoms with Gasteiger partial charge in [0, 0.05) is 6.54 Å². The van der Waals surface area contributed by atoms with E-state index in [0.717, 1.165) is 11.3 Å². The standard InChI is InChI=1S/C9H15N3O2S/c1-7-3-2-4-8(10)9(7)12-5-6-15(11,13)14/h2-4,12H,5-6,10H2,1H3,(H2,11,13,14). The van der Waals surface area contributed by atoms with Crippen LogP contribution in [0.1, 0.15) is 5.56 Å². The van der Waals surface area contributed by atoms with Crippen LogP contribution in [-0.2, 0) is 10.0 Å². The predicted molar refractivity (Wildman–Crippen MR) is 62.1 cm³/mol. The maximum atomic E-state index is 10.7. The van der Waals surface area contributed by atoms with E-state index in [1.807, 2.05) is 19.1 Å². The van der Waals surface area contributed by atoms with Gasteiger partial charge >= 0.3 is 0 Å². The summed E-state index contributed by atoms with van der Waals surface area (Å²) in [5, 5.41) is 7.83. The van der Waals surface area contributed by atoms with Gasteiger partial charge in [0.25, 0.3) is 0 Å². The maximum Gasteiger partial charge on any atom is 0.210 e. The molecule has 1 aromatic carbocycles. The van der Waals surface area contributed by atoms with Gasteiger partial charge in [-0.05, 0) is 18.6 Å². The molecule has 0 saturated carbocycles. The molecule has 0 aromatic heterocycles. The minimum Gasteiger partial charge on any atom is -0.397 e. The Kier molecular flexibility index (Phi) is 3.54. The van der Waals surface area contributed by atoms with Gasteiger partial charge in [0.1, 0.15) is 0 Å². The van der Waals surface area contributed by atoms with Crippen molar-refractivity contribution < 1.29 is 8.42 Å². The Labute approximate surface area is 89.5 Å². The fraction of sp³-hybridized carbons (Fsp3) is 0.333. The highest BCUT2D eigenvalue weighted by molar-refractivity contribution is 7.89. The van der Waals surface area contributed by atoms with Crippen molar-refractivity contribution in [2.75, 3.05) is 23.3 Å². The molecule has 0 amide bonds. The van der Waals surface area contributed by atoms with Gasteiger partial charge in [0.15, 0.2) is 0 Å². The number of primary sulfonamides is 1. The van der Waals surface area contributed by atoms with Crippen LogP contribution in [0.5, 0.6) is 0 Å². The monoisotopic (exact) mass is 229 g/mol. The number of hydrogen-bond acceptors (Lipinski definition) is 4. The molecule has 0 unspecified atom stereocenters. The first-order valence-corrected chi connectivity index (χ1v) is 6.21. The van der Waals surface area contributed by atoms with E-state index in [1.165, 1.54) is 0 Å². The molecule has 0 bridgehead atoms. The fourth-order valence-electron chi connectivity index (χ4n) is 1.25. The number of nitrogens with one attached hydrogen (secondary N) is 1. The predicted octanol–water partition coefficient (Wildman–Crippen LogP) is 0.278. The maximum absolute atomic E-state index is 10.7. The molecule has 15 heavy (non-hydrogen) atoms. The van der Waals surface area contributed by atoms with Crippen molar-refractivity contribution in [3.63, 3.8) is 0 Å². The Morgan fingerprint density at radius 2 is 2.07 bits per heavy atom. The lowest BCUT2D eigenvalue weighted by molar-refractivity contribution is 0.598. The molecular formula is C9H15N3O2S. The molecule has 1 aromatic rings. The van der Waals surface area contributed by atoms with Crippen molar-refractivity contribution in [2.24, 2.45) is 5.14 Å². The molecule has 0 atom stereocenters. The zero-order valence-corrected chi connectivity index (χ0v) is 9.34. The summed E-state index contributed by atoms with van der Waals surface area (Å²) >= 11 is 0. The van der Waals surface area contributed by atoms with Crippen LogP contribution in [-0.4, -0.2) is 20.7 Å². The smallest absolute Gasteiger partial charge is 0.210 e. The van der Waals surface area contributed by atoms with Crippen molar-refractivity contribution in [3.8, 4) is 0 Å². The van der Waals surface area contributed by atoms with E-state index < -0.39 is 10.0 Å². The normalized spacial score (nSPS) is 11.3. The quantitative estimate of drug-likeness (QED) is 0.646. The molecule has 0 fully saturated rings. The largest absolute Gasteiger partial charge is 0.397 e. The van der Waals surface area contributed by atoms with Crippen molar-refractivity contribution >= 4 is 21.4 Å². The van der Waals surface area contributed by atoms with Gasteiger partial charge in [0.2, 0.25) is 10.0 Å². The van der Waals surface area contributed by atoms with Crippen LogP contribution < -0.4 is 16.2 Å². The highest BCUT2D eigenvalue weighted by atomic mass is 32.2. The van der Waals surface area contributed by atoms with Crippen LogP contribution >= 0.6 is 0 Å². The lowest BCUT2D eigenvalue weighted by Crippen LogP contribution is -2.22. The topological polar surface area (TPSA) is 98.2 Å². The first-order valence-electron chi connectivity index (χ1n) is 4.49. The van der Waals surface area contributed by atoms with Gasteiger partial charge in [-0.25, -0.2) is 13.6 Å². The highest BCUT2D eigenvalue weighted by Gasteiger charge is 2.05. The van der Waals surface area contributed by atoms with E-state index >= 15 is 0 Å². The van der Waals surface area contributed by atoms with Gasteiger partial charge in [-0.1, -0.05) is 12.1 Å². The van der Waals surface area contributed by atoms with Crippen molar-refractivity contribution in [1.82, 2.24) is 0 Å². The summed E-state index contributed by atoms with van der Waals surface area (Å²) in [6, 6.07) is 5.50. The Morgan fingerprint density at radius 3 is 2.60 bits per heavy atom. The minimum absolute atomic E-state index is 0.110. The first kappa shape index (κ1) is 11.8. The Hall–Kier alpha value is -1.27. The van der Waals surface area contributed by atoms with Crippen LogP contribution in [0.3, 0.4) is 0 Å². The molecule has 0 aliphatic rings. The molecule has 5 nitrogen and oxygen atoms in total. The van der Waals surface area contributed by atoms with E-state index in [9.17, 15) is 8.42 Å². The Balaban J connectivity index is 2.66. The molecule has 0 spiro atoms. The molecule has 1 rings (SSSR count). The van der Waals surface area contributed by atoms with E-state index in [0.29, 0.717) is 5.69 Å². The van der Waals surface area contributed by atoms with Gasteiger partial charge in [0.05, 0.1) is 17.1 Å². The summed E-state index contributed by atoms with van der Waals surface area (Å²) in [5.74, 6) is -0.110. The number of sulfonamides is 1. The Bertz CT molecular complexity index is 422. The molecule has 0 saturated heterocycles. The van der Waals surface area contributed by atoms with E-state index in [4.69, 9.17) is 10.9 Å². The second-order valence-corrected chi connectivity index (χ2v) is 5.07. The third kappa shape index (κ3) is 3.77. The van der Waals surface area contributed by atoms with Crippen LogP contribution in [0.2, 0.25) is 0 Å². The summed E-state index contributed by atoms with van der Waals surface area (Å²) in [6.45, 7) is 2.16. The number of nitrogen functional groups attached to an aromatic ring is 1. The third-order valence-electron chi connectivity index (χ3n) is 1.99. The molecule has 5 N–H and O–H groups in total. The van der Waals surface area contributed by atoms with Gasteiger partial charge in [-0.15, -0.1) is 0 Å². The number of para-hydroxylation sites is 1. The van der Waals surface area contributed by atoms with Crippen molar-refractivity contribution in [1.29, 1.82) is 0 Å². The minimum atomic E-state index is -3.42. The van der Waals surface area contributed by atoms with Crippen molar-refractivity contribution in [3.05, 3.63) is 23.8 Å². The second-order valence-electron chi connectivity index (χ2n) is 3.33. The average Bonchev–Trinajstić information content (AvgIpc) is 2.08. The molecule has 6 heteroatoms. The van der Waals surface area contributed by atoms with Gasteiger partial charge in [-0.3, -0.25) is 0 Å². The summed E-state index contributed by atoms with van der Waals surface area (Å²) in [4.78, 5) is 0. The lowest BCUT2D eigenvalue weighted by Gasteiger charge is -2.11. The molecule has 0 radical (unpaired) electrons. The Morgan fingerprint density at radius 1 is 1.40 bits per heavy atom. The van der Waals surface area contributed by atoms with Crippen molar-refractivity contribution in [2.45, 2.75) is 6.92 Å². The van der Waals surface area contributed by atoms with Crippen LogP contribution in [0, 0.1) is 6.92 Å². The number of nitrogens with two attached hydrogens (primary N) is 2. The van der Waals surface area contributed by atoms with Crippen LogP contribution in [0.25, 0.3) is 0 Å². The summed E-state index contributed by atoms with van der Waals surface area (Å²) < 4.78 is 21.4. The number of aryl methyl sites for hydroxylation is 1. The highest BCUT2D eigenvalue weighted by Crippen LogP contribution is 2.21. The molecule has 0 aliphatic carbocycles. The molecule has 0 heterocycles. The van der Waals surface area contributed by atoms with E-state index in [2.05, 4.69) is 5.32 Å². The second kappa shape index (κ2) is 4.50. The summed E-state index contributed by atoms with van der Waals surface area (Å²) in [7, 11) is -3.42. The van der Waals surface area contributed by atoms with Gasteiger partial charge < -0.3 is 11.1 Å². The first-order chi connectivity index (χ1) is 6.90. The van der Waals surface area contributed by atoms with Gasteiger partial charge in [-0.2, -0.15) is 0 Å². The number of hydrogen-bond donors (Lipinski definition) is 3. The summed E-state index contributed by atoms with van der Waals surface area (Å²) in [5.41, 5.74) is 8.07. The SMILES string of the molecule is Cc1cccc(N)c1NCCS(N)(=O)=O. The number of anilines is 2.